The van der Waals surface area contributed by atoms with Gasteiger partial charge in [-0.15, -0.1) is 0 Å². The van der Waals surface area contributed by atoms with Crippen molar-refractivity contribution in [2.75, 3.05) is 4.90 Å². The van der Waals surface area contributed by atoms with Crippen molar-refractivity contribution < 1.29 is 8.83 Å². The molecule has 2 aromatic heterocycles. The number of hydrogen-bond donors (Lipinski definition) is 0. The molecule has 0 N–H and O–H groups in total. The minimum atomic E-state index is -0.184. The molecule has 0 bridgehead atoms. The third kappa shape index (κ3) is 4.94. The molecule has 1 aliphatic rings. The summed E-state index contributed by atoms with van der Waals surface area (Å²) in [6.45, 7) is 4.70. The van der Waals surface area contributed by atoms with E-state index in [4.69, 9.17) is 8.83 Å². The van der Waals surface area contributed by atoms with Crippen molar-refractivity contribution in [3.8, 4) is 33.4 Å². The zero-order chi connectivity index (χ0) is 41.1. The summed E-state index contributed by atoms with van der Waals surface area (Å²) in [5, 5.41) is 9.12. The minimum absolute atomic E-state index is 0.184. The van der Waals surface area contributed by atoms with E-state index in [1.54, 1.807) is 0 Å². The van der Waals surface area contributed by atoms with Crippen LogP contribution in [0.2, 0.25) is 0 Å². The quantitative estimate of drug-likeness (QED) is 0.163. The summed E-state index contributed by atoms with van der Waals surface area (Å²) < 4.78 is 13.9. The molecule has 1 aliphatic carbocycles. The Morgan fingerprint density at radius 1 is 0.371 bits per heavy atom. The lowest BCUT2D eigenvalue weighted by atomic mass is 9.82. The number of furan rings is 2. The van der Waals surface area contributed by atoms with Crippen molar-refractivity contribution >= 4 is 82.5 Å². The second-order valence-electron chi connectivity index (χ2n) is 17.2. The van der Waals surface area contributed by atoms with E-state index in [1.807, 2.05) is 6.07 Å². The van der Waals surface area contributed by atoms with Crippen LogP contribution in [0.5, 0.6) is 0 Å². The van der Waals surface area contributed by atoms with Crippen molar-refractivity contribution in [2.45, 2.75) is 19.3 Å². The first-order valence-corrected chi connectivity index (χ1v) is 21.4. The van der Waals surface area contributed by atoms with E-state index in [9.17, 15) is 0 Å². The smallest absolute Gasteiger partial charge is 0.160 e. The highest BCUT2D eigenvalue weighted by molar-refractivity contribution is 6.31. The van der Waals surface area contributed by atoms with Gasteiger partial charge in [0.05, 0.1) is 11.4 Å². The van der Waals surface area contributed by atoms with Crippen LogP contribution in [0.25, 0.3) is 98.8 Å². The zero-order valence-corrected chi connectivity index (χ0v) is 34.3. The fourth-order valence-corrected chi connectivity index (χ4v) is 10.6. The molecule has 0 spiro atoms. The lowest BCUT2D eigenvalue weighted by Crippen LogP contribution is -2.17. The van der Waals surface area contributed by atoms with Gasteiger partial charge in [-0.3, -0.25) is 0 Å². The van der Waals surface area contributed by atoms with Crippen LogP contribution in [-0.2, 0) is 5.41 Å². The number of rotatable bonds is 5. The van der Waals surface area contributed by atoms with Crippen LogP contribution in [0.1, 0.15) is 25.0 Å². The molecular weight excluding hydrogens is 755 g/mol. The first-order valence-electron chi connectivity index (χ1n) is 21.4. The maximum absolute atomic E-state index is 7.34. The number of hydrogen-bond acceptors (Lipinski definition) is 3. The molecule has 62 heavy (non-hydrogen) atoms. The predicted molar refractivity (Wildman–Crippen MR) is 259 cm³/mol. The topological polar surface area (TPSA) is 29.5 Å². The number of fused-ring (bicyclic) bond motifs is 13. The molecule has 3 nitrogen and oxygen atoms in total. The average molecular weight is 794 g/mol. The summed E-state index contributed by atoms with van der Waals surface area (Å²) in [7, 11) is 0. The Hall–Kier alpha value is -7.88. The van der Waals surface area contributed by atoms with Crippen LogP contribution < -0.4 is 4.90 Å². The summed E-state index contributed by atoms with van der Waals surface area (Å²) in [6, 6.07) is 72.4. The van der Waals surface area contributed by atoms with E-state index in [0.717, 1.165) is 83.2 Å². The van der Waals surface area contributed by atoms with Crippen molar-refractivity contribution in [1.82, 2.24) is 0 Å². The van der Waals surface area contributed by atoms with Crippen molar-refractivity contribution in [3.63, 3.8) is 0 Å². The molecule has 0 atom stereocenters. The molecular formula is C59H39NO2. The molecule has 0 fully saturated rings. The summed E-state index contributed by atoms with van der Waals surface area (Å²) in [5.74, 6) is 0. The maximum atomic E-state index is 7.34. The largest absolute Gasteiger partial charge is 0.456 e. The molecule has 12 aromatic rings. The second-order valence-corrected chi connectivity index (χ2v) is 17.2. The van der Waals surface area contributed by atoms with Crippen LogP contribution >= 0.6 is 0 Å². The van der Waals surface area contributed by atoms with Gasteiger partial charge in [-0.05, 0) is 109 Å². The van der Waals surface area contributed by atoms with Gasteiger partial charge in [-0.25, -0.2) is 0 Å². The molecule has 0 saturated heterocycles. The predicted octanol–water partition coefficient (Wildman–Crippen LogP) is 16.9. The van der Waals surface area contributed by atoms with Gasteiger partial charge in [0.15, 0.2) is 5.58 Å². The van der Waals surface area contributed by atoms with Crippen molar-refractivity contribution in [2.24, 2.45) is 0 Å². The second kappa shape index (κ2) is 13.1. The molecule has 0 saturated carbocycles. The fourth-order valence-electron chi connectivity index (χ4n) is 10.6. The van der Waals surface area contributed by atoms with E-state index in [2.05, 4.69) is 213 Å². The summed E-state index contributed by atoms with van der Waals surface area (Å²) >= 11 is 0. The van der Waals surface area contributed by atoms with E-state index >= 15 is 0 Å². The lowest BCUT2D eigenvalue weighted by Gasteiger charge is -2.30. The number of anilines is 3. The van der Waals surface area contributed by atoms with Gasteiger partial charge < -0.3 is 13.7 Å². The van der Waals surface area contributed by atoms with Gasteiger partial charge in [-0.1, -0.05) is 166 Å². The minimum Gasteiger partial charge on any atom is -0.456 e. The Morgan fingerprint density at radius 2 is 1.02 bits per heavy atom. The Labute approximate surface area is 358 Å². The van der Waals surface area contributed by atoms with Gasteiger partial charge >= 0.3 is 0 Å². The molecule has 0 radical (unpaired) electrons. The van der Waals surface area contributed by atoms with E-state index in [-0.39, 0.29) is 5.41 Å². The third-order valence-corrected chi connectivity index (χ3v) is 13.5. The van der Waals surface area contributed by atoms with Crippen LogP contribution in [0.3, 0.4) is 0 Å². The first-order chi connectivity index (χ1) is 30.5. The highest BCUT2D eigenvalue weighted by Gasteiger charge is 2.36. The van der Waals surface area contributed by atoms with Crippen LogP contribution in [0, 0.1) is 0 Å². The van der Waals surface area contributed by atoms with Gasteiger partial charge in [0.25, 0.3) is 0 Å². The Bertz CT molecular complexity index is 3790. The van der Waals surface area contributed by atoms with Crippen molar-refractivity contribution in [1.29, 1.82) is 0 Å². The number of nitrogens with zero attached hydrogens (tertiary/aromatic N) is 1. The first kappa shape index (κ1) is 34.9. The van der Waals surface area contributed by atoms with Crippen LogP contribution in [-0.4, -0.2) is 0 Å². The average Bonchev–Trinajstić information content (AvgIpc) is 3.97. The van der Waals surface area contributed by atoms with Crippen LogP contribution in [0.4, 0.5) is 17.1 Å². The SMILES string of the molecule is CC1(C)c2ccccc2-c2ccc(N(c3ccccc3-c3ccccc3)c3ccc(-c4cc5ccccc5c5ccccc45)c4c3oc3ccc5oc6ccccc6c5c34)cc21. The van der Waals surface area contributed by atoms with Gasteiger partial charge in [0, 0.05) is 38.2 Å². The highest BCUT2D eigenvalue weighted by atomic mass is 16.3. The zero-order valence-electron chi connectivity index (χ0n) is 34.3. The molecule has 0 unspecified atom stereocenters. The molecule has 10 aromatic carbocycles. The molecule has 13 rings (SSSR count). The van der Waals surface area contributed by atoms with E-state index in [0.29, 0.717) is 0 Å². The summed E-state index contributed by atoms with van der Waals surface area (Å²) in [6.07, 6.45) is 0. The van der Waals surface area contributed by atoms with Gasteiger partial charge in [-0.2, -0.15) is 0 Å². The molecule has 0 amide bonds. The lowest BCUT2D eigenvalue weighted by molar-refractivity contribution is 0.660. The number of para-hydroxylation sites is 2. The van der Waals surface area contributed by atoms with Crippen LogP contribution in [0.15, 0.2) is 209 Å². The Balaban J connectivity index is 1.17. The van der Waals surface area contributed by atoms with Crippen molar-refractivity contribution in [3.05, 3.63) is 211 Å². The maximum Gasteiger partial charge on any atom is 0.160 e. The molecule has 292 valence electrons. The summed E-state index contributed by atoms with van der Waals surface area (Å²) in [5.41, 5.74) is 16.1. The molecule has 0 aliphatic heterocycles. The fraction of sp³-hybridized carbons (Fsp3) is 0.0508. The Morgan fingerprint density at radius 3 is 1.87 bits per heavy atom. The van der Waals surface area contributed by atoms with E-state index < -0.39 is 0 Å². The van der Waals surface area contributed by atoms with Gasteiger partial charge in [0.2, 0.25) is 0 Å². The third-order valence-electron chi connectivity index (χ3n) is 13.5. The summed E-state index contributed by atoms with van der Waals surface area (Å²) in [4.78, 5) is 2.43. The molecule has 3 heteroatoms. The van der Waals surface area contributed by atoms with Gasteiger partial charge in [0.1, 0.15) is 16.7 Å². The number of benzene rings is 10. The monoisotopic (exact) mass is 793 g/mol. The normalized spacial score (nSPS) is 13.1. The Kier molecular flexibility index (Phi) is 7.36. The van der Waals surface area contributed by atoms with E-state index in [1.165, 1.54) is 43.8 Å². The highest BCUT2D eigenvalue weighted by Crippen LogP contribution is 2.54. The molecule has 2 heterocycles. The standard InChI is InChI=1S/C59H39NO2/c1-59(2)48-25-13-10-23-43(48)44-29-28-38(35-49(44)59)60(50-26-14-11-20-40(50)36-16-4-3-5-17-36)51-31-30-45(47-34-37-18-6-7-19-39(37)41-21-8-9-22-42(41)47)56-57-54(62-58(51)56)33-32-53-55(57)46-24-12-15-27-52(46)61-53/h3-35H,1-2H3.